The molecular formula is C23H35N5O3. The average Bonchev–Trinajstić information content (AvgIpc) is 3.28. The van der Waals surface area contributed by atoms with E-state index in [9.17, 15) is 9.90 Å². The molecule has 31 heavy (non-hydrogen) atoms. The van der Waals surface area contributed by atoms with E-state index in [1.807, 2.05) is 25.3 Å². The van der Waals surface area contributed by atoms with Gasteiger partial charge in [-0.05, 0) is 70.3 Å². The van der Waals surface area contributed by atoms with Crippen LogP contribution in [0.3, 0.4) is 0 Å². The third-order valence-electron chi connectivity index (χ3n) is 5.84. The summed E-state index contributed by atoms with van der Waals surface area (Å²) in [5.41, 5.74) is 2.28. The second-order valence-corrected chi connectivity index (χ2v) is 8.43. The molecule has 1 aromatic heterocycles. The highest BCUT2D eigenvalue weighted by atomic mass is 16.6. The normalized spacial score (nSPS) is 21.4. The highest BCUT2D eigenvalue weighted by molar-refractivity contribution is 5.75. The molecule has 3 atom stereocenters. The maximum absolute atomic E-state index is 12.1. The van der Waals surface area contributed by atoms with Crippen molar-refractivity contribution in [2.45, 2.75) is 70.3 Å². The Balaban J connectivity index is 1.23. The minimum absolute atomic E-state index is 0.0751. The Labute approximate surface area is 184 Å². The summed E-state index contributed by atoms with van der Waals surface area (Å²) in [7, 11) is 2.06. The predicted octanol–water partition coefficient (Wildman–Crippen LogP) is 2.30. The first kappa shape index (κ1) is 23.4. The molecular weight excluding hydrogens is 394 g/mol. The summed E-state index contributed by atoms with van der Waals surface area (Å²) < 4.78 is 7.12. The quantitative estimate of drug-likeness (QED) is 0.533. The van der Waals surface area contributed by atoms with E-state index in [1.165, 1.54) is 5.56 Å². The minimum atomic E-state index is -0.675. The summed E-state index contributed by atoms with van der Waals surface area (Å²) in [6.45, 7) is 3.56. The molecule has 1 aliphatic heterocycles. The number of benzene rings is 1. The van der Waals surface area contributed by atoms with Crippen LogP contribution in [0.15, 0.2) is 36.7 Å². The lowest BCUT2D eigenvalue weighted by Crippen LogP contribution is -2.43. The molecule has 1 saturated heterocycles. The number of aliphatic hydroxyl groups is 1. The topological polar surface area (TPSA) is 92.5 Å². The van der Waals surface area contributed by atoms with Gasteiger partial charge in [0.25, 0.3) is 0 Å². The third-order valence-corrected chi connectivity index (χ3v) is 5.84. The molecule has 1 aromatic carbocycles. The number of aliphatic hydroxyl groups excluding tert-OH is 1. The van der Waals surface area contributed by atoms with Crippen LogP contribution in [-0.2, 0) is 16.0 Å². The highest BCUT2D eigenvalue weighted by Gasteiger charge is 2.28. The van der Waals surface area contributed by atoms with Crippen LogP contribution in [0.5, 0.6) is 0 Å². The van der Waals surface area contributed by atoms with Gasteiger partial charge in [-0.25, -0.2) is 4.68 Å². The van der Waals surface area contributed by atoms with Crippen molar-refractivity contribution in [1.82, 2.24) is 25.2 Å². The van der Waals surface area contributed by atoms with Crippen molar-refractivity contribution in [3.63, 3.8) is 0 Å². The molecule has 0 saturated carbocycles. The van der Waals surface area contributed by atoms with Crippen LogP contribution >= 0.6 is 0 Å². The van der Waals surface area contributed by atoms with Crippen LogP contribution in [0, 0.1) is 0 Å². The molecule has 0 unspecified atom stereocenters. The van der Waals surface area contributed by atoms with Gasteiger partial charge in [0.15, 0.2) is 6.29 Å². The van der Waals surface area contributed by atoms with E-state index in [0.29, 0.717) is 18.9 Å². The van der Waals surface area contributed by atoms with Crippen molar-refractivity contribution in [2.24, 2.45) is 0 Å². The van der Waals surface area contributed by atoms with E-state index in [4.69, 9.17) is 4.74 Å². The largest absolute Gasteiger partial charge is 0.368 e. The smallest absolute Gasteiger partial charge is 0.220 e. The Morgan fingerprint density at radius 3 is 2.77 bits per heavy atom. The Kier molecular flexibility index (Phi) is 8.99. The first-order valence-electron chi connectivity index (χ1n) is 11.3. The number of nitrogens with zero attached hydrogens (tertiary/aromatic N) is 4. The number of hydrogen-bond donors (Lipinski definition) is 2. The molecule has 1 amide bonds. The van der Waals surface area contributed by atoms with Crippen LogP contribution in [-0.4, -0.2) is 69.5 Å². The summed E-state index contributed by atoms with van der Waals surface area (Å²) in [5.74, 6) is 0.117. The van der Waals surface area contributed by atoms with Gasteiger partial charge in [-0.15, -0.1) is 5.10 Å². The lowest BCUT2D eigenvalue weighted by atomic mass is 10.0. The molecule has 170 valence electrons. The van der Waals surface area contributed by atoms with E-state index in [-0.39, 0.29) is 12.0 Å². The number of nitrogens with one attached hydrogen (secondary N) is 1. The molecule has 1 fully saturated rings. The molecule has 0 bridgehead atoms. The number of aromatic nitrogens is 3. The summed E-state index contributed by atoms with van der Waals surface area (Å²) >= 11 is 0. The summed E-state index contributed by atoms with van der Waals surface area (Å²) in [4.78, 5) is 14.3. The monoisotopic (exact) mass is 429 g/mol. The Hall–Kier alpha value is -2.29. The van der Waals surface area contributed by atoms with Gasteiger partial charge in [0, 0.05) is 25.4 Å². The highest BCUT2D eigenvalue weighted by Crippen LogP contribution is 2.22. The molecule has 8 nitrogen and oxygen atoms in total. The van der Waals surface area contributed by atoms with E-state index in [1.54, 1.807) is 10.9 Å². The van der Waals surface area contributed by atoms with Crippen molar-refractivity contribution in [1.29, 1.82) is 0 Å². The van der Waals surface area contributed by atoms with Crippen molar-refractivity contribution in [3.8, 4) is 5.69 Å². The number of carbonyl (C=O) groups is 1. The number of aryl methyl sites for hydroxylation is 1. The number of carbonyl (C=O) groups excluding carboxylic acids is 1. The van der Waals surface area contributed by atoms with Gasteiger partial charge in [-0.1, -0.05) is 17.3 Å². The van der Waals surface area contributed by atoms with Gasteiger partial charge in [0.05, 0.1) is 24.2 Å². The Morgan fingerprint density at radius 1 is 1.26 bits per heavy atom. The first-order chi connectivity index (χ1) is 15.0. The van der Waals surface area contributed by atoms with Crippen LogP contribution in [0.2, 0.25) is 0 Å². The van der Waals surface area contributed by atoms with E-state index in [0.717, 1.165) is 50.9 Å². The summed E-state index contributed by atoms with van der Waals surface area (Å²) in [5, 5.41) is 20.6. The molecule has 2 N–H and O–H groups in total. The molecule has 0 spiro atoms. The van der Waals surface area contributed by atoms with Crippen LogP contribution in [0.1, 0.15) is 51.0 Å². The van der Waals surface area contributed by atoms with E-state index < -0.39 is 6.29 Å². The summed E-state index contributed by atoms with van der Waals surface area (Å²) in [6, 6.07) is 8.64. The zero-order valence-electron chi connectivity index (χ0n) is 18.6. The van der Waals surface area contributed by atoms with Gasteiger partial charge < -0.3 is 20.1 Å². The molecule has 3 rings (SSSR count). The second kappa shape index (κ2) is 11.9. The van der Waals surface area contributed by atoms with E-state index in [2.05, 4.69) is 39.7 Å². The molecule has 0 aliphatic carbocycles. The number of amides is 1. The molecule has 2 heterocycles. The fourth-order valence-electron chi connectivity index (χ4n) is 4.05. The van der Waals surface area contributed by atoms with Crippen molar-refractivity contribution in [3.05, 3.63) is 42.2 Å². The molecule has 1 aliphatic rings. The fraction of sp³-hybridized carbons (Fsp3) is 0.609. The maximum atomic E-state index is 12.1. The zero-order chi connectivity index (χ0) is 22.1. The fourth-order valence-corrected chi connectivity index (χ4v) is 4.05. The Morgan fingerprint density at radius 2 is 2.06 bits per heavy atom. The molecule has 8 heteroatoms. The predicted molar refractivity (Wildman–Crippen MR) is 119 cm³/mol. The average molecular weight is 430 g/mol. The number of rotatable bonds is 11. The maximum Gasteiger partial charge on any atom is 0.220 e. The van der Waals surface area contributed by atoms with Gasteiger partial charge in [0.1, 0.15) is 0 Å². The van der Waals surface area contributed by atoms with Crippen LogP contribution < -0.4 is 5.32 Å². The second-order valence-electron chi connectivity index (χ2n) is 8.43. The minimum Gasteiger partial charge on any atom is -0.368 e. The van der Waals surface area contributed by atoms with E-state index >= 15 is 0 Å². The lowest BCUT2D eigenvalue weighted by Gasteiger charge is -2.36. The number of ether oxygens (including phenoxy) is 1. The number of unbranched alkanes of at least 4 members (excludes halogenated alkanes) is 1. The Bertz CT molecular complexity index is 771. The van der Waals surface area contributed by atoms with Crippen LogP contribution in [0.4, 0.5) is 0 Å². The van der Waals surface area contributed by atoms with Gasteiger partial charge in [0.2, 0.25) is 5.91 Å². The molecule has 0 radical (unpaired) electrons. The zero-order valence-corrected chi connectivity index (χ0v) is 18.6. The van der Waals surface area contributed by atoms with Crippen molar-refractivity contribution in [2.75, 3.05) is 20.1 Å². The standard InChI is InChI=1S/C23H35N5O3/c1-18-16-21(17-23(30)31-18)27(2)14-5-7-22(29)24-12-4-3-6-19-8-10-20(11-9-19)28-15-13-25-26-28/h8-11,13,15,18,21,23,30H,3-7,12,14,16-17H2,1-2H3,(H,24,29)/t18-,21+,23-/m1/s1. The SMILES string of the molecule is C[C@@H]1C[C@H](N(C)CCCC(=O)NCCCCc2ccc(-n3ccnn3)cc2)C[C@H](O)O1. The third kappa shape index (κ3) is 7.72. The van der Waals surface area contributed by atoms with Gasteiger partial charge >= 0.3 is 0 Å². The lowest BCUT2D eigenvalue weighted by molar-refractivity contribution is -0.173. The molecule has 2 aromatic rings. The van der Waals surface area contributed by atoms with Crippen molar-refractivity contribution >= 4 is 5.91 Å². The van der Waals surface area contributed by atoms with Crippen molar-refractivity contribution < 1.29 is 14.6 Å². The first-order valence-corrected chi connectivity index (χ1v) is 11.3. The van der Waals surface area contributed by atoms with Crippen LogP contribution in [0.25, 0.3) is 5.69 Å². The van der Waals surface area contributed by atoms with Gasteiger partial charge in [-0.2, -0.15) is 0 Å². The van der Waals surface area contributed by atoms with Gasteiger partial charge in [-0.3, -0.25) is 4.79 Å². The number of hydrogen-bond acceptors (Lipinski definition) is 6. The summed E-state index contributed by atoms with van der Waals surface area (Å²) in [6.07, 6.45) is 8.80.